The molecule has 0 saturated heterocycles. The molecule has 0 fully saturated rings. The van der Waals surface area contributed by atoms with Crippen LogP contribution >= 0.6 is 0 Å². The number of nitrogen functional groups attached to an aromatic ring is 1. The Balaban J connectivity index is 1.90. The van der Waals surface area contributed by atoms with Crippen molar-refractivity contribution in [1.29, 1.82) is 0 Å². The van der Waals surface area contributed by atoms with Gasteiger partial charge < -0.3 is 11.1 Å². The van der Waals surface area contributed by atoms with E-state index in [9.17, 15) is 9.18 Å². The lowest BCUT2D eigenvalue weighted by Gasteiger charge is -2.19. The second-order valence-corrected chi connectivity index (χ2v) is 5.34. The molecular formula is C17H17FN2O. The number of carbonyl (C=O) groups excluding carboxylic acids is 1. The lowest BCUT2D eigenvalue weighted by molar-refractivity contribution is 0.102. The fourth-order valence-corrected chi connectivity index (χ4v) is 2.81. The van der Waals surface area contributed by atoms with Gasteiger partial charge in [0, 0.05) is 11.4 Å². The smallest absolute Gasteiger partial charge is 0.257 e. The Labute approximate surface area is 123 Å². The molecule has 2 aromatic rings. The summed E-state index contributed by atoms with van der Waals surface area (Å²) in [6, 6.07) is 9.74. The average molecular weight is 284 g/mol. The lowest BCUT2D eigenvalue weighted by Crippen LogP contribution is -2.17. The molecule has 1 aliphatic carbocycles. The van der Waals surface area contributed by atoms with Gasteiger partial charge in [-0.25, -0.2) is 4.39 Å². The molecule has 3 nitrogen and oxygen atoms in total. The standard InChI is InChI=1S/C17H17FN2O/c18-12-8-9-15(19)14(10-12)17(21)20-16-7-3-5-11-4-1-2-6-13(11)16/h3,5,7-10H,1-2,4,6,19H2,(H,20,21). The van der Waals surface area contributed by atoms with Crippen LogP contribution in [0, 0.1) is 5.82 Å². The zero-order valence-corrected chi connectivity index (χ0v) is 11.7. The van der Waals surface area contributed by atoms with Crippen molar-refractivity contribution in [1.82, 2.24) is 0 Å². The van der Waals surface area contributed by atoms with E-state index < -0.39 is 5.82 Å². The summed E-state index contributed by atoms with van der Waals surface area (Å²) in [6.07, 6.45) is 4.31. The third-order valence-electron chi connectivity index (χ3n) is 3.90. The first kappa shape index (κ1) is 13.6. The molecule has 21 heavy (non-hydrogen) atoms. The largest absolute Gasteiger partial charge is 0.398 e. The van der Waals surface area contributed by atoms with Gasteiger partial charge >= 0.3 is 0 Å². The molecule has 0 aromatic heterocycles. The van der Waals surface area contributed by atoms with Crippen LogP contribution in [0.3, 0.4) is 0 Å². The Bertz CT molecular complexity index is 697. The molecule has 4 heteroatoms. The van der Waals surface area contributed by atoms with E-state index in [-0.39, 0.29) is 17.2 Å². The molecule has 0 spiro atoms. The minimum absolute atomic E-state index is 0.170. The van der Waals surface area contributed by atoms with Gasteiger partial charge in [0.15, 0.2) is 0 Å². The minimum atomic E-state index is -0.468. The maximum absolute atomic E-state index is 13.3. The number of amides is 1. The summed E-state index contributed by atoms with van der Waals surface area (Å²) in [4.78, 5) is 12.3. The van der Waals surface area contributed by atoms with Gasteiger partial charge in [0.05, 0.1) is 5.56 Å². The number of hydrogen-bond acceptors (Lipinski definition) is 2. The number of rotatable bonds is 2. The number of halogens is 1. The number of nitrogens with two attached hydrogens (primary N) is 1. The van der Waals surface area contributed by atoms with Crippen molar-refractivity contribution in [3.05, 3.63) is 58.9 Å². The van der Waals surface area contributed by atoms with E-state index in [0.717, 1.165) is 24.9 Å². The third-order valence-corrected chi connectivity index (χ3v) is 3.90. The first-order valence-electron chi connectivity index (χ1n) is 7.12. The molecule has 1 aliphatic rings. The quantitative estimate of drug-likeness (QED) is 0.829. The maximum atomic E-state index is 13.3. The molecule has 0 radical (unpaired) electrons. The van der Waals surface area contributed by atoms with Crippen LogP contribution in [0.4, 0.5) is 15.8 Å². The second-order valence-electron chi connectivity index (χ2n) is 5.34. The highest BCUT2D eigenvalue weighted by Crippen LogP contribution is 2.28. The number of nitrogens with one attached hydrogen (secondary N) is 1. The second kappa shape index (κ2) is 5.56. The van der Waals surface area contributed by atoms with Crippen LogP contribution in [-0.2, 0) is 12.8 Å². The first-order chi connectivity index (χ1) is 10.1. The monoisotopic (exact) mass is 284 g/mol. The molecule has 1 amide bonds. The fourth-order valence-electron chi connectivity index (χ4n) is 2.81. The number of fused-ring (bicyclic) bond motifs is 1. The molecule has 0 atom stereocenters. The van der Waals surface area contributed by atoms with Crippen LogP contribution in [0.1, 0.15) is 34.3 Å². The summed E-state index contributed by atoms with van der Waals surface area (Å²) in [6.45, 7) is 0. The molecule has 0 bridgehead atoms. The maximum Gasteiger partial charge on any atom is 0.257 e. The summed E-state index contributed by atoms with van der Waals surface area (Å²) in [7, 11) is 0. The highest BCUT2D eigenvalue weighted by atomic mass is 19.1. The van der Waals surface area contributed by atoms with Crippen molar-refractivity contribution in [3.8, 4) is 0 Å². The van der Waals surface area contributed by atoms with Crippen LogP contribution < -0.4 is 11.1 Å². The normalized spacial score (nSPS) is 13.6. The molecule has 0 heterocycles. The fraction of sp³-hybridized carbons (Fsp3) is 0.235. The van der Waals surface area contributed by atoms with E-state index in [2.05, 4.69) is 11.4 Å². The summed E-state index contributed by atoms with van der Waals surface area (Å²) >= 11 is 0. The predicted molar refractivity (Wildman–Crippen MR) is 81.8 cm³/mol. The number of hydrogen-bond donors (Lipinski definition) is 2. The van der Waals surface area contributed by atoms with Crippen molar-refractivity contribution in [3.63, 3.8) is 0 Å². The van der Waals surface area contributed by atoms with Crippen LogP contribution in [0.15, 0.2) is 36.4 Å². The van der Waals surface area contributed by atoms with Crippen molar-refractivity contribution in [2.75, 3.05) is 11.1 Å². The van der Waals surface area contributed by atoms with Gasteiger partial charge in [-0.2, -0.15) is 0 Å². The third kappa shape index (κ3) is 2.75. The SMILES string of the molecule is Nc1ccc(F)cc1C(=O)Nc1cccc2c1CCCC2. The Morgan fingerprint density at radius 2 is 1.95 bits per heavy atom. The van der Waals surface area contributed by atoms with Crippen molar-refractivity contribution >= 4 is 17.3 Å². The predicted octanol–water partition coefficient (Wildman–Crippen LogP) is 3.54. The zero-order chi connectivity index (χ0) is 14.8. The van der Waals surface area contributed by atoms with Crippen LogP contribution in [0.25, 0.3) is 0 Å². The number of carbonyl (C=O) groups is 1. The summed E-state index contributed by atoms with van der Waals surface area (Å²) < 4.78 is 13.3. The Kier molecular flexibility index (Phi) is 3.60. The van der Waals surface area contributed by atoms with Gasteiger partial charge in [-0.15, -0.1) is 0 Å². The number of benzene rings is 2. The van der Waals surface area contributed by atoms with Crippen molar-refractivity contribution < 1.29 is 9.18 Å². The minimum Gasteiger partial charge on any atom is -0.398 e. The highest BCUT2D eigenvalue weighted by Gasteiger charge is 2.16. The zero-order valence-electron chi connectivity index (χ0n) is 11.7. The van der Waals surface area contributed by atoms with Gasteiger partial charge in [0.2, 0.25) is 0 Å². The van der Waals surface area contributed by atoms with Crippen LogP contribution in [-0.4, -0.2) is 5.91 Å². The van der Waals surface area contributed by atoms with Gasteiger partial charge in [0.1, 0.15) is 5.82 Å². The van der Waals surface area contributed by atoms with E-state index >= 15 is 0 Å². The summed E-state index contributed by atoms with van der Waals surface area (Å²) in [5.41, 5.74) is 9.48. The Hall–Kier alpha value is -2.36. The molecule has 0 saturated carbocycles. The van der Waals surface area contributed by atoms with E-state index in [1.807, 2.05) is 12.1 Å². The lowest BCUT2D eigenvalue weighted by atomic mass is 9.90. The first-order valence-corrected chi connectivity index (χ1v) is 7.12. The van der Waals surface area contributed by atoms with E-state index in [1.165, 1.54) is 35.7 Å². The molecule has 3 N–H and O–H groups in total. The van der Waals surface area contributed by atoms with Crippen molar-refractivity contribution in [2.45, 2.75) is 25.7 Å². The molecule has 3 rings (SSSR count). The van der Waals surface area contributed by atoms with Gasteiger partial charge in [-0.05, 0) is 61.1 Å². The van der Waals surface area contributed by atoms with E-state index in [1.54, 1.807) is 0 Å². The van der Waals surface area contributed by atoms with Gasteiger partial charge in [-0.3, -0.25) is 4.79 Å². The van der Waals surface area contributed by atoms with E-state index in [4.69, 9.17) is 5.73 Å². The molecule has 0 unspecified atom stereocenters. The summed E-state index contributed by atoms with van der Waals surface area (Å²) in [5, 5.41) is 2.87. The van der Waals surface area contributed by atoms with Gasteiger partial charge in [0.25, 0.3) is 5.91 Å². The molecule has 108 valence electrons. The van der Waals surface area contributed by atoms with Crippen LogP contribution in [0.2, 0.25) is 0 Å². The van der Waals surface area contributed by atoms with Gasteiger partial charge in [-0.1, -0.05) is 12.1 Å². The van der Waals surface area contributed by atoms with Crippen molar-refractivity contribution in [2.24, 2.45) is 0 Å². The Morgan fingerprint density at radius 1 is 1.14 bits per heavy atom. The molecular weight excluding hydrogens is 267 g/mol. The highest BCUT2D eigenvalue weighted by molar-refractivity contribution is 6.08. The topological polar surface area (TPSA) is 55.1 Å². The van der Waals surface area contributed by atoms with Crippen LogP contribution in [0.5, 0.6) is 0 Å². The Morgan fingerprint density at radius 3 is 2.81 bits per heavy atom. The average Bonchev–Trinajstić information content (AvgIpc) is 2.50. The number of anilines is 2. The summed E-state index contributed by atoms with van der Waals surface area (Å²) in [5.74, 6) is -0.838. The molecule has 2 aromatic carbocycles. The molecule has 0 aliphatic heterocycles. The van der Waals surface area contributed by atoms with E-state index in [0.29, 0.717) is 0 Å². The number of aryl methyl sites for hydroxylation is 1.